The van der Waals surface area contributed by atoms with Crippen LogP contribution in [0.5, 0.6) is 0 Å². The van der Waals surface area contributed by atoms with Gasteiger partial charge in [0.05, 0.1) is 0 Å². The van der Waals surface area contributed by atoms with Crippen molar-refractivity contribution in [2.24, 2.45) is 0 Å². The summed E-state index contributed by atoms with van der Waals surface area (Å²) in [7, 11) is 0. The van der Waals surface area contributed by atoms with Crippen LogP contribution >= 0.6 is 0 Å². The zero-order valence-electron chi connectivity index (χ0n) is 9.77. The topological polar surface area (TPSA) is 133 Å². The van der Waals surface area contributed by atoms with Crippen LogP contribution in [0.15, 0.2) is 0 Å². The number of hydrogen-bond donors (Lipinski definition) is 4. The summed E-state index contributed by atoms with van der Waals surface area (Å²) in [6.07, 6.45) is 0.321. The summed E-state index contributed by atoms with van der Waals surface area (Å²) in [5, 5.41) is 21.2. The molecule has 0 heterocycles. The van der Waals surface area contributed by atoms with Crippen molar-refractivity contribution in [2.75, 3.05) is 13.1 Å². The zero-order chi connectivity index (χ0) is 14.0. The molecule has 0 unspecified atom stereocenters. The fourth-order valence-electron chi connectivity index (χ4n) is 1.04. The van der Waals surface area contributed by atoms with E-state index in [1.165, 1.54) is 0 Å². The number of hydrogen-bond acceptors (Lipinski definition) is 4. The van der Waals surface area contributed by atoms with E-state index in [1.54, 1.807) is 0 Å². The maximum atomic E-state index is 11.1. The number of rotatable bonds is 8. The number of aliphatic carboxylic acids is 2. The summed E-state index contributed by atoms with van der Waals surface area (Å²) in [5.74, 6) is -3.64. The molecule has 0 aromatic carbocycles. The van der Waals surface area contributed by atoms with Crippen LogP contribution < -0.4 is 10.6 Å². The van der Waals surface area contributed by atoms with Gasteiger partial charge in [0.25, 0.3) is 0 Å². The van der Waals surface area contributed by atoms with E-state index in [4.69, 9.17) is 10.2 Å². The quantitative estimate of drug-likeness (QED) is 0.325. The third-order valence-corrected chi connectivity index (χ3v) is 1.91. The summed E-state index contributed by atoms with van der Waals surface area (Å²) in [6, 6.07) is 0. The lowest BCUT2D eigenvalue weighted by molar-refractivity contribution is -0.140. The lowest BCUT2D eigenvalue weighted by Crippen LogP contribution is -2.40. The lowest BCUT2D eigenvalue weighted by atomic mass is 10.3. The van der Waals surface area contributed by atoms with E-state index in [1.807, 2.05) is 0 Å². The smallest absolute Gasteiger partial charge is 0.309 e. The first kappa shape index (κ1) is 15.9. The molecule has 0 atom stereocenters. The molecule has 0 aliphatic heterocycles. The van der Waals surface area contributed by atoms with Gasteiger partial charge in [-0.15, -0.1) is 0 Å². The van der Waals surface area contributed by atoms with Gasteiger partial charge in [0.2, 0.25) is 0 Å². The first-order valence-electron chi connectivity index (χ1n) is 5.43. The second kappa shape index (κ2) is 8.97. The molecule has 0 radical (unpaired) electrons. The number of nitrogens with one attached hydrogen (secondary N) is 2. The number of carbonyl (C=O) groups excluding carboxylic acids is 2. The summed E-state index contributed by atoms with van der Waals surface area (Å²) >= 11 is 0. The summed E-state index contributed by atoms with van der Waals surface area (Å²) in [4.78, 5) is 42.6. The first-order valence-corrected chi connectivity index (χ1v) is 5.43. The average Bonchev–Trinajstić information content (AvgIpc) is 2.29. The van der Waals surface area contributed by atoms with Crippen LogP contribution in [0, 0.1) is 0 Å². The average molecular weight is 260 g/mol. The van der Waals surface area contributed by atoms with E-state index in [9.17, 15) is 19.2 Å². The van der Waals surface area contributed by atoms with Gasteiger partial charge in [-0.3, -0.25) is 19.2 Å². The second-order valence-electron chi connectivity index (χ2n) is 3.51. The van der Waals surface area contributed by atoms with Crippen LogP contribution in [0.25, 0.3) is 0 Å². The van der Waals surface area contributed by atoms with E-state index >= 15 is 0 Å². The lowest BCUT2D eigenvalue weighted by Gasteiger charge is -2.05. The molecule has 102 valence electrons. The van der Waals surface area contributed by atoms with Crippen LogP contribution in [0.4, 0.5) is 0 Å². The molecule has 18 heavy (non-hydrogen) atoms. The Balaban J connectivity index is 3.60. The molecule has 8 nitrogen and oxygen atoms in total. The van der Waals surface area contributed by atoms with Gasteiger partial charge < -0.3 is 20.8 Å². The molecule has 0 bridgehead atoms. The van der Waals surface area contributed by atoms with E-state index in [0.717, 1.165) is 0 Å². The molecule has 0 rings (SSSR count). The molecular formula is C10H16N2O6. The predicted octanol–water partition coefficient (Wildman–Crippen LogP) is -1.05. The van der Waals surface area contributed by atoms with Crippen LogP contribution in [0.1, 0.15) is 25.7 Å². The SMILES string of the molecule is O=C(O)CCCNC(=O)C(=O)NCCCC(=O)O. The molecule has 0 saturated heterocycles. The fraction of sp³-hybridized carbons (Fsp3) is 0.600. The Labute approximate surface area is 103 Å². The van der Waals surface area contributed by atoms with E-state index in [2.05, 4.69) is 10.6 Å². The minimum atomic E-state index is -0.970. The van der Waals surface area contributed by atoms with Gasteiger partial charge in [-0.1, -0.05) is 0 Å². The van der Waals surface area contributed by atoms with Crippen molar-refractivity contribution >= 4 is 23.8 Å². The van der Waals surface area contributed by atoms with Gasteiger partial charge in [0.1, 0.15) is 0 Å². The Bertz CT molecular complexity index is 296. The third kappa shape index (κ3) is 9.13. The number of carboxylic acids is 2. The summed E-state index contributed by atoms with van der Waals surface area (Å²) in [5.41, 5.74) is 0. The molecule has 2 amide bonds. The van der Waals surface area contributed by atoms with Crippen molar-refractivity contribution in [3.8, 4) is 0 Å². The highest BCUT2D eigenvalue weighted by Gasteiger charge is 2.12. The maximum absolute atomic E-state index is 11.1. The molecule has 0 spiro atoms. The molecule has 4 N–H and O–H groups in total. The van der Waals surface area contributed by atoms with E-state index < -0.39 is 23.8 Å². The standard InChI is InChI=1S/C10H16N2O6/c13-7(14)3-1-5-11-9(17)10(18)12-6-2-4-8(15)16/h1-6H2,(H,11,17)(H,12,18)(H,13,14)(H,15,16). The largest absolute Gasteiger partial charge is 0.481 e. The van der Waals surface area contributed by atoms with Crippen LogP contribution in [0.2, 0.25) is 0 Å². The Hall–Kier alpha value is -2.12. The highest BCUT2D eigenvalue weighted by Crippen LogP contribution is 1.87. The van der Waals surface area contributed by atoms with Crippen LogP contribution in [-0.4, -0.2) is 47.1 Å². The highest BCUT2D eigenvalue weighted by molar-refractivity contribution is 6.35. The monoisotopic (exact) mass is 260 g/mol. The van der Waals surface area contributed by atoms with Crippen molar-refractivity contribution in [1.82, 2.24) is 10.6 Å². The fourth-order valence-corrected chi connectivity index (χ4v) is 1.04. The van der Waals surface area contributed by atoms with Gasteiger partial charge >= 0.3 is 23.8 Å². The first-order chi connectivity index (χ1) is 8.43. The molecule has 0 aromatic heterocycles. The molecule has 0 aliphatic carbocycles. The number of amides is 2. The van der Waals surface area contributed by atoms with Gasteiger partial charge in [-0.2, -0.15) is 0 Å². The Morgan fingerprint density at radius 1 is 0.722 bits per heavy atom. The minimum absolute atomic E-state index is 0.0828. The molecule has 0 fully saturated rings. The summed E-state index contributed by atoms with van der Waals surface area (Å²) in [6.45, 7) is 0.210. The van der Waals surface area contributed by atoms with Crippen LogP contribution in [0.3, 0.4) is 0 Å². The molecule has 0 aliphatic rings. The normalized spacial score (nSPS) is 9.56. The van der Waals surface area contributed by atoms with Crippen molar-refractivity contribution in [1.29, 1.82) is 0 Å². The predicted molar refractivity (Wildman–Crippen MR) is 59.8 cm³/mol. The van der Waals surface area contributed by atoms with Gasteiger partial charge in [-0.25, -0.2) is 0 Å². The number of carboxylic acid groups (broad SMARTS) is 2. The van der Waals surface area contributed by atoms with Gasteiger partial charge in [-0.05, 0) is 12.8 Å². The van der Waals surface area contributed by atoms with Gasteiger partial charge in [0.15, 0.2) is 0 Å². The van der Waals surface area contributed by atoms with Crippen molar-refractivity contribution in [3.63, 3.8) is 0 Å². The minimum Gasteiger partial charge on any atom is -0.481 e. The number of carbonyl (C=O) groups is 4. The Morgan fingerprint density at radius 3 is 1.33 bits per heavy atom. The highest BCUT2D eigenvalue weighted by atomic mass is 16.4. The Kier molecular flexibility index (Phi) is 7.91. The molecule has 8 heteroatoms. The second-order valence-corrected chi connectivity index (χ2v) is 3.51. The third-order valence-electron chi connectivity index (χ3n) is 1.91. The van der Waals surface area contributed by atoms with E-state index in [0.29, 0.717) is 0 Å². The van der Waals surface area contributed by atoms with Crippen molar-refractivity contribution in [2.45, 2.75) is 25.7 Å². The molecule has 0 aromatic rings. The Morgan fingerprint density at radius 2 is 1.06 bits per heavy atom. The van der Waals surface area contributed by atoms with Crippen LogP contribution in [-0.2, 0) is 19.2 Å². The van der Waals surface area contributed by atoms with Crippen molar-refractivity contribution < 1.29 is 29.4 Å². The summed E-state index contributed by atoms with van der Waals surface area (Å²) < 4.78 is 0. The van der Waals surface area contributed by atoms with Crippen molar-refractivity contribution in [3.05, 3.63) is 0 Å². The molecule has 0 saturated carbocycles. The van der Waals surface area contributed by atoms with Gasteiger partial charge in [0, 0.05) is 25.9 Å². The molecular weight excluding hydrogens is 244 g/mol. The van der Waals surface area contributed by atoms with E-state index in [-0.39, 0.29) is 38.8 Å². The maximum Gasteiger partial charge on any atom is 0.309 e. The zero-order valence-corrected chi connectivity index (χ0v) is 9.77.